The molecular weight excluding hydrogens is 330 g/mol. The third-order valence-electron chi connectivity index (χ3n) is 5.31. The van der Waals surface area contributed by atoms with Gasteiger partial charge in [0.2, 0.25) is 11.8 Å². The molecule has 0 spiro atoms. The fourth-order valence-corrected chi connectivity index (χ4v) is 3.73. The maximum atomic E-state index is 12.5. The molecule has 0 saturated carbocycles. The average molecular weight is 359 g/mol. The van der Waals surface area contributed by atoms with Gasteiger partial charge in [0.1, 0.15) is 5.75 Å². The van der Waals surface area contributed by atoms with E-state index in [9.17, 15) is 14.7 Å². The number of aromatic hydroxyl groups is 1. The van der Waals surface area contributed by atoms with Crippen LogP contribution in [0.1, 0.15) is 37.7 Å². The van der Waals surface area contributed by atoms with E-state index < -0.39 is 0 Å². The Morgan fingerprint density at radius 3 is 2.62 bits per heavy atom. The van der Waals surface area contributed by atoms with E-state index in [2.05, 4.69) is 4.90 Å². The summed E-state index contributed by atoms with van der Waals surface area (Å²) in [4.78, 5) is 30.6. The first kappa shape index (κ1) is 18.7. The Kier molecular flexibility index (Phi) is 6.50. The number of carbonyl (C=O) groups excluding carboxylic acids is 2. The topological polar surface area (TPSA) is 64.1 Å². The average Bonchev–Trinajstić information content (AvgIpc) is 2.84. The summed E-state index contributed by atoms with van der Waals surface area (Å²) in [5.41, 5.74) is 1.09. The highest BCUT2D eigenvalue weighted by molar-refractivity contribution is 5.79. The number of amides is 2. The Labute approximate surface area is 155 Å². The van der Waals surface area contributed by atoms with Crippen molar-refractivity contribution in [1.29, 1.82) is 0 Å². The molecule has 2 amide bonds. The molecule has 2 heterocycles. The second-order valence-corrected chi connectivity index (χ2v) is 7.27. The summed E-state index contributed by atoms with van der Waals surface area (Å²) in [6.07, 6.45) is 4.19. The summed E-state index contributed by atoms with van der Waals surface area (Å²) < 4.78 is 0. The van der Waals surface area contributed by atoms with Crippen LogP contribution in [-0.2, 0) is 16.1 Å². The molecule has 0 radical (unpaired) electrons. The van der Waals surface area contributed by atoms with Crippen LogP contribution in [0.3, 0.4) is 0 Å². The number of hydrogen-bond donors (Lipinski definition) is 1. The smallest absolute Gasteiger partial charge is 0.224 e. The molecule has 26 heavy (non-hydrogen) atoms. The molecule has 3 rings (SSSR count). The van der Waals surface area contributed by atoms with Crippen molar-refractivity contribution in [3.8, 4) is 5.75 Å². The highest BCUT2D eigenvalue weighted by Crippen LogP contribution is 2.15. The summed E-state index contributed by atoms with van der Waals surface area (Å²) in [6.45, 7) is 5.27. The molecule has 2 saturated heterocycles. The summed E-state index contributed by atoms with van der Waals surface area (Å²) in [6, 6.07) is 7.33. The van der Waals surface area contributed by atoms with Gasteiger partial charge in [0.15, 0.2) is 0 Å². The van der Waals surface area contributed by atoms with Crippen molar-refractivity contribution in [3.05, 3.63) is 29.8 Å². The zero-order chi connectivity index (χ0) is 18.4. The van der Waals surface area contributed by atoms with E-state index in [-0.39, 0.29) is 11.8 Å². The van der Waals surface area contributed by atoms with Crippen LogP contribution in [-0.4, -0.2) is 70.9 Å². The lowest BCUT2D eigenvalue weighted by atomic mass is 10.2. The van der Waals surface area contributed by atoms with Gasteiger partial charge in [-0.3, -0.25) is 14.5 Å². The number of benzene rings is 1. The van der Waals surface area contributed by atoms with Crippen LogP contribution < -0.4 is 0 Å². The van der Waals surface area contributed by atoms with Crippen molar-refractivity contribution in [1.82, 2.24) is 14.7 Å². The van der Waals surface area contributed by atoms with Gasteiger partial charge >= 0.3 is 0 Å². The van der Waals surface area contributed by atoms with E-state index in [1.54, 1.807) is 12.1 Å². The molecule has 0 bridgehead atoms. The van der Waals surface area contributed by atoms with E-state index in [4.69, 9.17) is 0 Å². The Bertz CT molecular complexity index is 626. The first-order chi connectivity index (χ1) is 12.6. The van der Waals surface area contributed by atoms with Crippen molar-refractivity contribution in [2.24, 2.45) is 0 Å². The molecule has 6 heteroatoms. The maximum Gasteiger partial charge on any atom is 0.224 e. The third kappa shape index (κ3) is 5.21. The second kappa shape index (κ2) is 9.03. The zero-order valence-corrected chi connectivity index (χ0v) is 15.4. The fourth-order valence-electron chi connectivity index (χ4n) is 3.73. The van der Waals surface area contributed by atoms with Crippen molar-refractivity contribution < 1.29 is 14.7 Å². The quantitative estimate of drug-likeness (QED) is 0.871. The van der Waals surface area contributed by atoms with E-state index in [1.807, 2.05) is 21.9 Å². The van der Waals surface area contributed by atoms with Crippen molar-refractivity contribution in [2.45, 2.75) is 38.6 Å². The van der Waals surface area contributed by atoms with Crippen molar-refractivity contribution >= 4 is 11.8 Å². The predicted molar refractivity (Wildman–Crippen MR) is 99.6 cm³/mol. The number of phenolic OH excluding ortho intramolecular Hbond substituents is 1. The van der Waals surface area contributed by atoms with Crippen LogP contribution >= 0.6 is 0 Å². The van der Waals surface area contributed by atoms with Crippen LogP contribution in [0.4, 0.5) is 0 Å². The molecule has 0 aromatic heterocycles. The molecule has 1 aromatic carbocycles. The number of piperazine rings is 1. The number of rotatable bonds is 5. The molecular formula is C20H29N3O3. The molecule has 1 N–H and O–H groups in total. The van der Waals surface area contributed by atoms with Gasteiger partial charge in [-0.05, 0) is 30.5 Å². The summed E-state index contributed by atoms with van der Waals surface area (Å²) in [5, 5.41) is 9.56. The van der Waals surface area contributed by atoms with Gasteiger partial charge in [-0.2, -0.15) is 0 Å². The zero-order valence-electron chi connectivity index (χ0n) is 15.4. The van der Waals surface area contributed by atoms with Gasteiger partial charge in [-0.25, -0.2) is 0 Å². The van der Waals surface area contributed by atoms with Crippen molar-refractivity contribution in [2.75, 3.05) is 39.3 Å². The first-order valence-electron chi connectivity index (χ1n) is 9.67. The van der Waals surface area contributed by atoms with Gasteiger partial charge in [0.25, 0.3) is 0 Å². The molecule has 0 aliphatic carbocycles. The largest absolute Gasteiger partial charge is 0.508 e. The molecule has 2 aliphatic heterocycles. The van der Waals surface area contributed by atoms with E-state index >= 15 is 0 Å². The second-order valence-electron chi connectivity index (χ2n) is 7.27. The van der Waals surface area contributed by atoms with Gasteiger partial charge in [0, 0.05) is 58.7 Å². The number of likely N-dealkylation sites (tertiary alicyclic amines) is 1. The lowest BCUT2D eigenvalue weighted by Crippen LogP contribution is -2.49. The number of phenols is 1. The molecule has 2 fully saturated rings. The maximum absolute atomic E-state index is 12.5. The van der Waals surface area contributed by atoms with Gasteiger partial charge in [0.05, 0.1) is 0 Å². The van der Waals surface area contributed by atoms with E-state index in [0.717, 1.165) is 64.1 Å². The van der Waals surface area contributed by atoms with Crippen LogP contribution in [0, 0.1) is 0 Å². The Morgan fingerprint density at radius 2 is 1.85 bits per heavy atom. The summed E-state index contributed by atoms with van der Waals surface area (Å²) in [5.74, 6) is 0.643. The van der Waals surface area contributed by atoms with Crippen LogP contribution in [0.15, 0.2) is 24.3 Å². The molecule has 0 unspecified atom stereocenters. The molecule has 0 atom stereocenters. The lowest BCUT2D eigenvalue weighted by molar-refractivity contribution is -0.135. The SMILES string of the molecule is O=C1CCCCCN1CCC(=O)N1CCN(Cc2cccc(O)c2)CC1. The minimum Gasteiger partial charge on any atom is -0.508 e. The van der Waals surface area contributed by atoms with Crippen LogP contribution in [0.5, 0.6) is 5.75 Å². The van der Waals surface area contributed by atoms with Crippen LogP contribution in [0.25, 0.3) is 0 Å². The fraction of sp³-hybridized carbons (Fsp3) is 0.600. The third-order valence-corrected chi connectivity index (χ3v) is 5.31. The normalized spacial score (nSPS) is 19.5. The minimum atomic E-state index is 0.152. The van der Waals surface area contributed by atoms with Crippen LogP contribution in [0.2, 0.25) is 0 Å². The number of hydrogen-bond acceptors (Lipinski definition) is 4. The number of carbonyl (C=O) groups is 2. The standard InChI is InChI=1S/C20H29N3O3/c24-18-6-4-5-17(15-18)16-21-11-13-23(14-12-21)20(26)8-10-22-9-3-1-2-7-19(22)25/h4-6,15,24H,1-3,7-14,16H2. The summed E-state index contributed by atoms with van der Waals surface area (Å²) in [7, 11) is 0. The number of nitrogens with zero attached hydrogens (tertiary/aromatic N) is 3. The van der Waals surface area contributed by atoms with Crippen molar-refractivity contribution in [3.63, 3.8) is 0 Å². The van der Waals surface area contributed by atoms with E-state index in [1.165, 1.54) is 0 Å². The Morgan fingerprint density at radius 1 is 1.04 bits per heavy atom. The molecule has 142 valence electrons. The Balaban J connectivity index is 1.41. The van der Waals surface area contributed by atoms with Gasteiger partial charge in [-0.15, -0.1) is 0 Å². The highest BCUT2D eigenvalue weighted by Gasteiger charge is 2.23. The van der Waals surface area contributed by atoms with Gasteiger partial charge < -0.3 is 14.9 Å². The lowest BCUT2D eigenvalue weighted by Gasteiger charge is -2.35. The first-order valence-corrected chi connectivity index (χ1v) is 9.67. The van der Waals surface area contributed by atoms with Gasteiger partial charge in [-0.1, -0.05) is 18.6 Å². The van der Waals surface area contributed by atoms with E-state index in [0.29, 0.717) is 25.1 Å². The monoisotopic (exact) mass is 359 g/mol. The highest BCUT2D eigenvalue weighted by atomic mass is 16.3. The Hall–Kier alpha value is -2.08. The molecule has 1 aromatic rings. The predicted octanol–water partition coefficient (Wildman–Crippen LogP) is 1.83. The molecule has 6 nitrogen and oxygen atoms in total. The molecule has 2 aliphatic rings. The summed E-state index contributed by atoms with van der Waals surface area (Å²) >= 11 is 0. The minimum absolute atomic E-state index is 0.152.